The van der Waals surface area contributed by atoms with E-state index < -0.39 is 0 Å². The Labute approximate surface area is 145 Å². The highest BCUT2D eigenvalue weighted by atomic mass is 15.1. The summed E-state index contributed by atoms with van der Waals surface area (Å²) in [6.07, 6.45) is 3.70. The third-order valence-electron chi connectivity index (χ3n) is 4.65. The molecule has 0 radical (unpaired) electrons. The maximum atomic E-state index is 4.92. The lowest BCUT2D eigenvalue weighted by Gasteiger charge is -2.19. The number of aromatic nitrogens is 2. The molecule has 2 aromatic carbocycles. The average molecular weight is 320 g/mol. The van der Waals surface area contributed by atoms with Gasteiger partial charge < -0.3 is 4.57 Å². The minimum absolute atomic E-state index is 0.180. The van der Waals surface area contributed by atoms with Crippen LogP contribution in [-0.4, -0.2) is 9.55 Å². The van der Waals surface area contributed by atoms with E-state index in [2.05, 4.69) is 80.8 Å². The zero-order valence-electron chi connectivity index (χ0n) is 15.3. The molecule has 0 saturated heterocycles. The Morgan fingerprint density at radius 1 is 0.917 bits per heavy atom. The van der Waals surface area contributed by atoms with Crippen molar-refractivity contribution in [2.75, 3.05) is 0 Å². The molecule has 0 saturated carbocycles. The Balaban J connectivity index is 2.03. The molecule has 2 heteroatoms. The molecule has 0 unspecified atom stereocenters. The van der Waals surface area contributed by atoms with Crippen molar-refractivity contribution in [3.63, 3.8) is 0 Å². The Bertz CT molecular complexity index is 804. The highest BCUT2D eigenvalue weighted by molar-refractivity contribution is 5.80. The normalized spacial score (nSPS) is 12.0. The van der Waals surface area contributed by atoms with Crippen molar-refractivity contribution in [3.8, 4) is 11.4 Å². The molecule has 24 heavy (non-hydrogen) atoms. The highest BCUT2D eigenvalue weighted by Crippen LogP contribution is 2.28. The van der Waals surface area contributed by atoms with E-state index in [4.69, 9.17) is 4.98 Å². The fourth-order valence-electron chi connectivity index (χ4n) is 3.16. The highest BCUT2D eigenvalue weighted by Gasteiger charge is 2.15. The molecule has 0 atom stereocenters. The van der Waals surface area contributed by atoms with Gasteiger partial charge in [-0.05, 0) is 29.5 Å². The number of hydrogen-bond donors (Lipinski definition) is 0. The van der Waals surface area contributed by atoms with E-state index in [1.54, 1.807) is 0 Å². The molecular weight excluding hydrogens is 292 g/mol. The maximum Gasteiger partial charge on any atom is 0.141 e. The van der Waals surface area contributed by atoms with Crippen LogP contribution < -0.4 is 0 Å². The van der Waals surface area contributed by atoms with Gasteiger partial charge in [0.25, 0.3) is 0 Å². The van der Waals surface area contributed by atoms with Crippen LogP contribution in [0.5, 0.6) is 0 Å². The topological polar surface area (TPSA) is 17.8 Å². The van der Waals surface area contributed by atoms with E-state index in [0.29, 0.717) is 0 Å². The van der Waals surface area contributed by atoms with Crippen LogP contribution in [0.1, 0.15) is 52.5 Å². The van der Waals surface area contributed by atoms with Gasteiger partial charge in [-0.2, -0.15) is 0 Å². The summed E-state index contributed by atoms with van der Waals surface area (Å²) in [6, 6.07) is 17.4. The van der Waals surface area contributed by atoms with Crippen molar-refractivity contribution < 1.29 is 0 Å². The first-order valence-corrected chi connectivity index (χ1v) is 9.07. The molecule has 2 nitrogen and oxygen atoms in total. The molecule has 0 aliphatic carbocycles. The van der Waals surface area contributed by atoms with Gasteiger partial charge in [-0.15, -0.1) is 0 Å². The monoisotopic (exact) mass is 320 g/mol. The lowest BCUT2D eigenvalue weighted by Crippen LogP contribution is -2.10. The zero-order valence-corrected chi connectivity index (χ0v) is 15.3. The average Bonchev–Trinajstić information content (AvgIpc) is 2.93. The largest absolute Gasteiger partial charge is 0.324 e. The minimum atomic E-state index is 0.180. The van der Waals surface area contributed by atoms with Crippen LogP contribution in [0.4, 0.5) is 0 Å². The second kappa shape index (κ2) is 6.80. The van der Waals surface area contributed by atoms with Crippen molar-refractivity contribution in [1.82, 2.24) is 9.55 Å². The molecular formula is C22H28N2. The molecule has 126 valence electrons. The van der Waals surface area contributed by atoms with E-state index in [0.717, 1.165) is 17.9 Å². The van der Waals surface area contributed by atoms with Crippen molar-refractivity contribution in [3.05, 3.63) is 54.1 Å². The van der Waals surface area contributed by atoms with Crippen LogP contribution in [0.15, 0.2) is 48.5 Å². The standard InChI is InChI=1S/C22H28N2/c1-5-6-9-16-24-20-11-8-7-10-19(20)23-21(24)17-12-14-18(15-13-17)22(2,3)4/h7-8,10-15H,5-6,9,16H2,1-4H3. The first-order chi connectivity index (χ1) is 11.5. The second-order valence-corrected chi connectivity index (χ2v) is 7.61. The molecule has 0 aliphatic heterocycles. The van der Waals surface area contributed by atoms with Crippen LogP contribution >= 0.6 is 0 Å². The Hall–Kier alpha value is -2.09. The van der Waals surface area contributed by atoms with E-state index >= 15 is 0 Å². The number of unbranched alkanes of at least 4 members (excludes halogenated alkanes) is 2. The van der Waals surface area contributed by atoms with Crippen LogP contribution in [0, 0.1) is 0 Å². The lowest BCUT2D eigenvalue weighted by molar-refractivity contribution is 0.590. The van der Waals surface area contributed by atoms with Crippen molar-refractivity contribution >= 4 is 11.0 Å². The van der Waals surface area contributed by atoms with Gasteiger partial charge in [-0.1, -0.05) is 76.9 Å². The van der Waals surface area contributed by atoms with Crippen LogP contribution in [-0.2, 0) is 12.0 Å². The van der Waals surface area contributed by atoms with Gasteiger partial charge in [-0.3, -0.25) is 0 Å². The van der Waals surface area contributed by atoms with Crippen LogP contribution in [0.3, 0.4) is 0 Å². The number of fused-ring (bicyclic) bond motifs is 1. The summed E-state index contributed by atoms with van der Waals surface area (Å²) in [7, 11) is 0. The van der Waals surface area contributed by atoms with Gasteiger partial charge in [0.2, 0.25) is 0 Å². The van der Waals surface area contributed by atoms with Gasteiger partial charge in [0.15, 0.2) is 0 Å². The quantitative estimate of drug-likeness (QED) is 0.512. The fraction of sp³-hybridized carbons (Fsp3) is 0.409. The van der Waals surface area contributed by atoms with Crippen LogP contribution in [0.2, 0.25) is 0 Å². The third kappa shape index (κ3) is 3.38. The molecule has 3 aromatic rings. The summed E-state index contributed by atoms with van der Waals surface area (Å²) in [5, 5.41) is 0. The van der Waals surface area contributed by atoms with E-state index in [-0.39, 0.29) is 5.41 Å². The van der Waals surface area contributed by atoms with Crippen molar-refractivity contribution in [2.45, 2.75) is 58.9 Å². The SMILES string of the molecule is CCCCCn1c(-c2ccc(C(C)(C)C)cc2)nc2ccccc21. The predicted octanol–water partition coefficient (Wildman–Crippen LogP) is 6.19. The zero-order chi connectivity index (χ0) is 17.2. The number of para-hydroxylation sites is 2. The van der Waals surface area contributed by atoms with Gasteiger partial charge in [0.1, 0.15) is 5.82 Å². The Morgan fingerprint density at radius 3 is 2.29 bits per heavy atom. The van der Waals surface area contributed by atoms with Crippen molar-refractivity contribution in [1.29, 1.82) is 0 Å². The van der Waals surface area contributed by atoms with Gasteiger partial charge in [0.05, 0.1) is 11.0 Å². The minimum Gasteiger partial charge on any atom is -0.324 e. The third-order valence-corrected chi connectivity index (χ3v) is 4.65. The molecule has 1 aromatic heterocycles. The smallest absolute Gasteiger partial charge is 0.141 e. The van der Waals surface area contributed by atoms with Gasteiger partial charge >= 0.3 is 0 Å². The summed E-state index contributed by atoms with van der Waals surface area (Å²) < 4.78 is 2.39. The maximum absolute atomic E-state index is 4.92. The number of imidazole rings is 1. The summed E-state index contributed by atoms with van der Waals surface area (Å²) in [5.41, 5.74) is 5.07. The van der Waals surface area contributed by atoms with E-state index in [1.165, 1.54) is 35.9 Å². The fourth-order valence-corrected chi connectivity index (χ4v) is 3.16. The summed E-state index contributed by atoms with van der Waals surface area (Å²) in [5.74, 6) is 1.09. The molecule has 0 bridgehead atoms. The molecule has 0 N–H and O–H groups in total. The van der Waals surface area contributed by atoms with Gasteiger partial charge in [-0.25, -0.2) is 4.98 Å². The van der Waals surface area contributed by atoms with E-state index in [9.17, 15) is 0 Å². The molecule has 0 fully saturated rings. The second-order valence-electron chi connectivity index (χ2n) is 7.61. The summed E-state index contributed by atoms with van der Waals surface area (Å²) >= 11 is 0. The molecule has 0 amide bonds. The molecule has 0 spiro atoms. The van der Waals surface area contributed by atoms with Crippen LogP contribution in [0.25, 0.3) is 22.4 Å². The predicted molar refractivity (Wildman–Crippen MR) is 103 cm³/mol. The molecule has 1 heterocycles. The number of rotatable bonds is 5. The Kier molecular flexibility index (Phi) is 4.75. The lowest BCUT2D eigenvalue weighted by atomic mass is 9.87. The van der Waals surface area contributed by atoms with Crippen molar-refractivity contribution in [2.24, 2.45) is 0 Å². The van der Waals surface area contributed by atoms with Gasteiger partial charge in [0, 0.05) is 12.1 Å². The van der Waals surface area contributed by atoms with E-state index in [1.807, 2.05) is 0 Å². The molecule has 3 rings (SSSR count). The number of hydrogen-bond acceptors (Lipinski definition) is 1. The number of aryl methyl sites for hydroxylation is 1. The summed E-state index contributed by atoms with van der Waals surface area (Å²) in [6.45, 7) is 10.0. The first-order valence-electron chi connectivity index (χ1n) is 9.07. The number of benzene rings is 2. The molecule has 0 aliphatic rings. The number of nitrogens with zero attached hydrogens (tertiary/aromatic N) is 2. The first kappa shape index (κ1) is 16.8. The Morgan fingerprint density at radius 2 is 1.62 bits per heavy atom. The summed E-state index contributed by atoms with van der Waals surface area (Å²) in [4.78, 5) is 4.92.